The number of unbranched alkanes of at least 4 members (excludes halogenated alkanes) is 1. The highest BCUT2D eigenvalue weighted by molar-refractivity contribution is 5.31. The average molecular weight is 695 g/mol. The fourth-order valence-corrected chi connectivity index (χ4v) is 11.9. The number of nitrogens with one attached hydrogen (secondary N) is 4. The number of benzene rings is 1. The molecule has 0 aliphatic heterocycles. The molecule has 286 valence electrons. The van der Waals surface area contributed by atoms with Crippen molar-refractivity contribution in [1.82, 2.24) is 21.3 Å². The van der Waals surface area contributed by atoms with E-state index in [1.807, 2.05) is 18.2 Å². The molecule has 0 saturated heterocycles. The lowest BCUT2D eigenvalue weighted by Crippen LogP contribution is -2.59. The van der Waals surface area contributed by atoms with Crippen LogP contribution in [-0.4, -0.2) is 61.6 Å². The molecule has 4 aliphatic carbocycles. The van der Waals surface area contributed by atoms with Crippen LogP contribution in [0.3, 0.4) is 0 Å². The Labute approximate surface area is 307 Å². The fourth-order valence-electron chi connectivity index (χ4n) is 11.9. The van der Waals surface area contributed by atoms with E-state index in [9.17, 15) is 10.2 Å². The third-order valence-electron chi connectivity index (χ3n) is 14.8. The average Bonchev–Trinajstić information content (AvgIpc) is 3.44. The van der Waals surface area contributed by atoms with Crippen LogP contribution in [-0.2, 0) is 6.54 Å². The third-order valence-corrected chi connectivity index (χ3v) is 14.8. The first-order valence-electron chi connectivity index (χ1n) is 21.4. The van der Waals surface area contributed by atoms with E-state index in [1.165, 1.54) is 83.5 Å². The summed E-state index contributed by atoms with van der Waals surface area (Å²) in [7, 11) is 0. The highest BCUT2D eigenvalue weighted by Gasteiger charge is 2.62. The maximum absolute atomic E-state index is 11.8. The normalized spacial score (nSPS) is 34.3. The monoisotopic (exact) mass is 695 g/mol. The molecule has 4 saturated carbocycles. The molecule has 1 aromatic carbocycles. The highest BCUT2D eigenvalue weighted by atomic mass is 16.3. The van der Waals surface area contributed by atoms with E-state index >= 15 is 0 Å². The molecule has 4 fully saturated rings. The van der Waals surface area contributed by atoms with Crippen LogP contribution in [0, 0.1) is 52.3 Å². The Morgan fingerprint density at radius 1 is 0.720 bits per heavy atom. The van der Waals surface area contributed by atoms with Gasteiger partial charge in [-0.25, -0.2) is 0 Å². The van der Waals surface area contributed by atoms with Crippen molar-refractivity contribution in [3.8, 4) is 5.75 Å². The summed E-state index contributed by atoms with van der Waals surface area (Å²) in [5.74, 6) is 5.56. The molecule has 0 radical (unpaired) electrons. The van der Waals surface area contributed by atoms with Crippen LogP contribution in [0.15, 0.2) is 24.3 Å². The minimum Gasteiger partial charge on any atom is -0.508 e. The summed E-state index contributed by atoms with van der Waals surface area (Å²) in [5.41, 5.74) is 1.83. The lowest BCUT2D eigenvalue weighted by atomic mass is 9.43. The van der Waals surface area contributed by atoms with Gasteiger partial charge in [0.15, 0.2) is 0 Å². The molecule has 1 aromatic rings. The maximum Gasteiger partial charge on any atom is 0.120 e. The van der Waals surface area contributed by atoms with Crippen LogP contribution < -0.4 is 21.3 Å². The lowest BCUT2D eigenvalue weighted by molar-refractivity contribution is -0.167. The number of phenols is 1. The minimum atomic E-state index is -0.0889. The Bertz CT molecular complexity index is 1130. The molecule has 5 rings (SSSR count). The SMILES string of the molecule is CC(C)CCC[C@@H](C)[C@H]1CCC2C3C(CC[C@@]21C)[C@@]1(C)CC[C@H](NCCCNCCCCNCCCNCc2ccccc2O)C[C@H]1C[C@H]3O. The van der Waals surface area contributed by atoms with E-state index in [2.05, 4.69) is 55.9 Å². The largest absolute Gasteiger partial charge is 0.508 e. The Balaban J connectivity index is 0.915. The molecule has 6 nitrogen and oxygen atoms in total. The Morgan fingerprint density at radius 3 is 2.12 bits per heavy atom. The predicted molar refractivity (Wildman–Crippen MR) is 210 cm³/mol. The van der Waals surface area contributed by atoms with Gasteiger partial charge in [0.05, 0.1) is 6.10 Å². The number of hydrogen-bond donors (Lipinski definition) is 6. The molecular weight excluding hydrogens is 617 g/mol. The fraction of sp³-hybridized carbons (Fsp3) is 0.864. The van der Waals surface area contributed by atoms with Gasteiger partial charge in [0.2, 0.25) is 0 Å². The van der Waals surface area contributed by atoms with Gasteiger partial charge in [-0.2, -0.15) is 0 Å². The molecule has 0 aromatic heterocycles. The van der Waals surface area contributed by atoms with Gasteiger partial charge >= 0.3 is 0 Å². The van der Waals surface area contributed by atoms with E-state index in [0.29, 0.717) is 34.5 Å². The maximum atomic E-state index is 11.8. The number of rotatable bonds is 21. The van der Waals surface area contributed by atoms with Gasteiger partial charge in [0, 0.05) is 18.2 Å². The van der Waals surface area contributed by atoms with Crippen LogP contribution in [0.5, 0.6) is 5.75 Å². The number of aliphatic hydroxyl groups excluding tert-OH is 1. The van der Waals surface area contributed by atoms with Gasteiger partial charge < -0.3 is 31.5 Å². The van der Waals surface area contributed by atoms with Crippen LogP contribution >= 0.6 is 0 Å². The van der Waals surface area contributed by atoms with Crippen LogP contribution in [0.1, 0.15) is 136 Å². The van der Waals surface area contributed by atoms with Crippen molar-refractivity contribution in [3.05, 3.63) is 29.8 Å². The summed E-state index contributed by atoms with van der Waals surface area (Å²) < 4.78 is 0. The highest BCUT2D eigenvalue weighted by Crippen LogP contribution is 2.68. The van der Waals surface area contributed by atoms with Gasteiger partial charge in [-0.1, -0.05) is 72.1 Å². The molecule has 4 aliphatic rings. The van der Waals surface area contributed by atoms with Crippen molar-refractivity contribution < 1.29 is 10.2 Å². The summed E-state index contributed by atoms with van der Waals surface area (Å²) in [6, 6.07) is 8.17. The zero-order valence-corrected chi connectivity index (χ0v) is 33.0. The molecule has 6 N–H and O–H groups in total. The van der Waals surface area contributed by atoms with Crippen LogP contribution in [0.2, 0.25) is 0 Å². The number of hydrogen-bond acceptors (Lipinski definition) is 6. The molecule has 0 heterocycles. The van der Waals surface area contributed by atoms with E-state index < -0.39 is 0 Å². The number of fused-ring (bicyclic) bond motifs is 5. The number of phenolic OH excluding ortho intramolecular Hbond substituents is 1. The van der Waals surface area contributed by atoms with Crippen molar-refractivity contribution in [2.45, 2.75) is 150 Å². The van der Waals surface area contributed by atoms with E-state index in [0.717, 1.165) is 93.8 Å². The number of para-hydroxylation sites is 1. The first-order chi connectivity index (χ1) is 24.1. The second-order valence-electron chi connectivity index (χ2n) is 18.5. The summed E-state index contributed by atoms with van der Waals surface area (Å²) in [5, 5.41) is 36.3. The Morgan fingerprint density at radius 2 is 1.38 bits per heavy atom. The smallest absolute Gasteiger partial charge is 0.120 e. The second kappa shape index (κ2) is 19.2. The van der Waals surface area contributed by atoms with E-state index in [4.69, 9.17) is 0 Å². The molecule has 0 amide bonds. The van der Waals surface area contributed by atoms with E-state index in [1.54, 1.807) is 6.07 Å². The van der Waals surface area contributed by atoms with Crippen LogP contribution in [0.4, 0.5) is 0 Å². The Hall–Kier alpha value is -1.18. The van der Waals surface area contributed by atoms with Crippen LogP contribution in [0.25, 0.3) is 0 Å². The molecule has 6 heteroatoms. The van der Waals surface area contributed by atoms with Gasteiger partial charge in [0.1, 0.15) is 5.75 Å². The summed E-state index contributed by atoms with van der Waals surface area (Å²) in [6.07, 6.45) is 19.3. The number of aliphatic hydroxyl groups is 1. The summed E-state index contributed by atoms with van der Waals surface area (Å²) in [4.78, 5) is 0. The molecular formula is C44H78N4O2. The molecule has 0 spiro atoms. The molecule has 0 bridgehead atoms. The zero-order valence-electron chi connectivity index (χ0n) is 33.0. The predicted octanol–water partition coefficient (Wildman–Crippen LogP) is 8.27. The van der Waals surface area contributed by atoms with Crippen molar-refractivity contribution in [3.63, 3.8) is 0 Å². The number of aromatic hydroxyl groups is 1. The van der Waals surface area contributed by atoms with Crippen molar-refractivity contribution in [1.29, 1.82) is 0 Å². The second-order valence-corrected chi connectivity index (χ2v) is 18.5. The first-order valence-corrected chi connectivity index (χ1v) is 21.4. The first kappa shape index (κ1) is 40.0. The van der Waals surface area contributed by atoms with Gasteiger partial charge in [0.25, 0.3) is 0 Å². The molecule has 10 atom stereocenters. The van der Waals surface area contributed by atoms with Crippen molar-refractivity contribution >= 4 is 0 Å². The standard InChI is InChI=1S/C44H78N4O2/c1-32(2)13-10-14-33(3)37-17-18-38-42-39(20-22-44(37,38)5)43(4)21-19-36(29-35(43)30-41(42)50)48-28-12-26-46-24-9-8-23-45-25-11-27-47-31-34-15-6-7-16-40(34)49/h6-7,15-16,32-33,35-39,41-42,45-50H,8-14,17-31H2,1-5H3/t33-,35+,36+,37-,38?,39?,41-,42?,43+,44-/m1/s1. The minimum absolute atomic E-state index is 0.0889. The quantitative estimate of drug-likeness (QED) is 0.0727. The van der Waals surface area contributed by atoms with Crippen molar-refractivity contribution in [2.75, 3.05) is 39.3 Å². The topological polar surface area (TPSA) is 88.6 Å². The third kappa shape index (κ3) is 10.1. The van der Waals surface area contributed by atoms with Crippen molar-refractivity contribution in [2.24, 2.45) is 52.3 Å². The van der Waals surface area contributed by atoms with E-state index in [-0.39, 0.29) is 6.10 Å². The lowest BCUT2D eigenvalue weighted by Gasteiger charge is -2.62. The molecule has 50 heavy (non-hydrogen) atoms. The summed E-state index contributed by atoms with van der Waals surface area (Å²) in [6.45, 7) is 19.7. The Kier molecular flexibility index (Phi) is 15.4. The molecule has 3 unspecified atom stereocenters. The van der Waals surface area contributed by atoms with Gasteiger partial charge in [-0.3, -0.25) is 0 Å². The summed E-state index contributed by atoms with van der Waals surface area (Å²) >= 11 is 0. The van der Waals surface area contributed by atoms with Gasteiger partial charge in [-0.15, -0.1) is 0 Å². The van der Waals surface area contributed by atoms with Gasteiger partial charge in [-0.05, 0) is 175 Å². The zero-order chi connectivity index (χ0) is 35.6.